The fourth-order valence-corrected chi connectivity index (χ4v) is 3.29. The molecule has 26 heavy (non-hydrogen) atoms. The normalized spacial score (nSPS) is 15.9. The van der Waals surface area contributed by atoms with E-state index in [-0.39, 0.29) is 12.1 Å². The fourth-order valence-electron chi connectivity index (χ4n) is 3.29. The number of urea groups is 1. The quantitative estimate of drug-likeness (QED) is 0.912. The Balaban J connectivity index is 1.58. The van der Waals surface area contributed by atoms with Gasteiger partial charge in [-0.15, -0.1) is 0 Å². The molecular formula is C21H27N3O2. The zero-order chi connectivity index (χ0) is 18.4. The van der Waals surface area contributed by atoms with E-state index < -0.39 is 0 Å². The molecule has 1 atom stereocenters. The minimum absolute atomic E-state index is 0.00442. The summed E-state index contributed by atoms with van der Waals surface area (Å²) in [6.07, 6.45) is 0.968. The second-order valence-corrected chi connectivity index (χ2v) is 6.61. The van der Waals surface area contributed by atoms with Gasteiger partial charge in [0.25, 0.3) is 0 Å². The number of rotatable bonds is 4. The summed E-state index contributed by atoms with van der Waals surface area (Å²) < 4.78 is 5.27. The van der Waals surface area contributed by atoms with Gasteiger partial charge in [0, 0.05) is 31.9 Å². The molecule has 1 fully saturated rings. The summed E-state index contributed by atoms with van der Waals surface area (Å²) >= 11 is 0. The highest BCUT2D eigenvalue weighted by Gasteiger charge is 2.21. The molecule has 0 aliphatic carbocycles. The first-order valence-electron chi connectivity index (χ1n) is 9.17. The fraction of sp³-hybridized carbons (Fsp3) is 0.381. The van der Waals surface area contributed by atoms with Gasteiger partial charge in [0.05, 0.1) is 13.2 Å². The molecule has 2 amide bonds. The van der Waals surface area contributed by atoms with Crippen molar-refractivity contribution in [2.24, 2.45) is 0 Å². The Kier molecular flexibility index (Phi) is 6.00. The number of hydrogen-bond acceptors (Lipinski definition) is 3. The monoisotopic (exact) mass is 353 g/mol. The summed E-state index contributed by atoms with van der Waals surface area (Å²) in [6, 6.07) is 18.1. The first-order chi connectivity index (χ1) is 12.7. The molecule has 5 nitrogen and oxygen atoms in total. The highest BCUT2D eigenvalue weighted by atomic mass is 16.5. The molecule has 1 aliphatic rings. The maximum Gasteiger partial charge on any atom is 0.317 e. The average molecular weight is 353 g/mol. The van der Waals surface area contributed by atoms with E-state index in [0.717, 1.165) is 43.9 Å². The van der Waals surface area contributed by atoms with Gasteiger partial charge in [0.1, 0.15) is 5.75 Å². The van der Waals surface area contributed by atoms with Crippen LogP contribution in [0.25, 0.3) is 0 Å². The van der Waals surface area contributed by atoms with Crippen LogP contribution < -0.4 is 15.0 Å². The number of hydrogen-bond donors (Lipinski definition) is 1. The SMILES string of the molecule is COc1cccc([C@H](C)NC(=O)N2CCCN(c3ccccc3)CC2)c1. The summed E-state index contributed by atoms with van der Waals surface area (Å²) in [6.45, 7) is 5.33. The van der Waals surface area contributed by atoms with Gasteiger partial charge in [0.15, 0.2) is 0 Å². The smallest absolute Gasteiger partial charge is 0.317 e. The number of amides is 2. The van der Waals surface area contributed by atoms with E-state index in [1.165, 1.54) is 5.69 Å². The number of ether oxygens (including phenoxy) is 1. The summed E-state index contributed by atoms with van der Waals surface area (Å²) in [7, 11) is 1.65. The molecule has 1 aliphatic heterocycles. The Morgan fingerprint density at radius 3 is 2.62 bits per heavy atom. The van der Waals surface area contributed by atoms with Crippen molar-refractivity contribution >= 4 is 11.7 Å². The Bertz CT molecular complexity index is 720. The number of para-hydroxylation sites is 1. The number of nitrogens with one attached hydrogen (secondary N) is 1. The molecule has 2 aromatic carbocycles. The number of carbonyl (C=O) groups excluding carboxylic acids is 1. The van der Waals surface area contributed by atoms with Crippen molar-refractivity contribution in [1.82, 2.24) is 10.2 Å². The lowest BCUT2D eigenvalue weighted by molar-refractivity contribution is 0.198. The van der Waals surface area contributed by atoms with Crippen LogP contribution in [0.4, 0.5) is 10.5 Å². The Hall–Kier alpha value is -2.69. The maximum absolute atomic E-state index is 12.7. The first-order valence-corrected chi connectivity index (χ1v) is 9.17. The van der Waals surface area contributed by atoms with Crippen molar-refractivity contribution in [3.05, 3.63) is 60.2 Å². The highest BCUT2D eigenvalue weighted by Crippen LogP contribution is 2.20. The van der Waals surface area contributed by atoms with E-state index >= 15 is 0 Å². The topological polar surface area (TPSA) is 44.8 Å². The van der Waals surface area contributed by atoms with Crippen LogP contribution in [-0.4, -0.2) is 44.2 Å². The molecule has 0 radical (unpaired) electrons. The molecule has 0 unspecified atom stereocenters. The Labute approximate surface area is 155 Å². The van der Waals surface area contributed by atoms with E-state index in [9.17, 15) is 4.79 Å². The van der Waals surface area contributed by atoms with Gasteiger partial charge in [-0.1, -0.05) is 30.3 Å². The zero-order valence-corrected chi connectivity index (χ0v) is 15.5. The van der Waals surface area contributed by atoms with Crippen LogP contribution in [0.3, 0.4) is 0 Å². The number of benzene rings is 2. The van der Waals surface area contributed by atoms with E-state index in [4.69, 9.17) is 4.74 Å². The Morgan fingerprint density at radius 1 is 1.04 bits per heavy atom. The first kappa shape index (κ1) is 18.1. The summed E-state index contributed by atoms with van der Waals surface area (Å²) in [4.78, 5) is 17.0. The van der Waals surface area contributed by atoms with E-state index in [1.54, 1.807) is 7.11 Å². The van der Waals surface area contributed by atoms with Crippen molar-refractivity contribution < 1.29 is 9.53 Å². The van der Waals surface area contributed by atoms with Gasteiger partial charge in [-0.3, -0.25) is 0 Å². The molecule has 0 aromatic heterocycles. The van der Waals surface area contributed by atoms with Crippen LogP contribution in [0.1, 0.15) is 24.9 Å². The summed E-state index contributed by atoms with van der Waals surface area (Å²) in [5, 5.41) is 3.11. The predicted octanol–water partition coefficient (Wildman–Crippen LogP) is 3.68. The van der Waals surface area contributed by atoms with E-state index in [2.05, 4.69) is 34.5 Å². The summed E-state index contributed by atoms with van der Waals surface area (Å²) in [5.74, 6) is 0.803. The molecule has 0 spiro atoms. The zero-order valence-electron chi connectivity index (χ0n) is 15.5. The Morgan fingerprint density at radius 2 is 1.85 bits per heavy atom. The lowest BCUT2D eigenvalue weighted by Gasteiger charge is -2.25. The molecule has 5 heteroatoms. The number of anilines is 1. The average Bonchev–Trinajstić information content (AvgIpc) is 2.95. The van der Waals surface area contributed by atoms with Gasteiger partial charge in [-0.25, -0.2) is 4.79 Å². The van der Waals surface area contributed by atoms with Crippen LogP contribution in [0.2, 0.25) is 0 Å². The van der Waals surface area contributed by atoms with Crippen LogP contribution in [0.5, 0.6) is 5.75 Å². The molecule has 1 N–H and O–H groups in total. The van der Waals surface area contributed by atoms with Gasteiger partial charge in [-0.2, -0.15) is 0 Å². The molecular weight excluding hydrogens is 326 g/mol. The van der Waals surface area contributed by atoms with Crippen molar-refractivity contribution in [1.29, 1.82) is 0 Å². The largest absolute Gasteiger partial charge is 0.497 e. The van der Waals surface area contributed by atoms with Gasteiger partial charge >= 0.3 is 6.03 Å². The van der Waals surface area contributed by atoms with E-state index in [0.29, 0.717) is 0 Å². The molecule has 2 aromatic rings. The van der Waals surface area contributed by atoms with Crippen molar-refractivity contribution in [2.75, 3.05) is 38.2 Å². The lowest BCUT2D eigenvalue weighted by Crippen LogP contribution is -2.43. The minimum Gasteiger partial charge on any atom is -0.497 e. The van der Waals surface area contributed by atoms with Gasteiger partial charge in [0.2, 0.25) is 0 Å². The van der Waals surface area contributed by atoms with Crippen molar-refractivity contribution in [2.45, 2.75) is 19.4 Å². The second-order valence-electron chi connectivity index (χ2n) is 6.61. The van der Waals surface area contributed by atoms with Crippen LogP contribution >= 0.6 is 0 Å². The highest BCUT2D eigenvalue weighted by molar-refractivity contribution is 5.75. The molecule has 1 heterocycles. The van der Waals surface area contributed by atoms with Crippen LogP contribution in [-0.2, 0) is 0 Å². The van der Waals surface area contributed by atoms with E-state index in [1.807, 2.05) is 42.2 Å². The van der Waals surface area contributed by atoms with Gasteiger partial charge in [-0.05, 0) is 43.2 Å². The minimum atomic E-state index is -0.0638. The third-order valence-electron chi connectivity index (χ3n) is 4.84. The number of methoxy groups -OCH3 is 1. The van der Waals surface area contributed by atoms with Crippen molar-refractivity contribution in [3.63, 3.8) is 0 Å². The maximum atomic E-state index is 12.7. The molecule has 0 bridgehead atoms. The molecule has 3 rings (SSSR count). The molecule has 1 saturated heterocycles. The predicted molar refractivity (Wildman–Crippen MR) is 105 cm³/mol. The second kappa shape index (κ2) is 8.61. The summed E-state index contributed by atoms with van der Waals surface area (Å²) in [5.41, 5.74) is 2.26. The molecule has 138 valence electrons. The van der Waals surface area contributed by atoms with Crippen molar-refractivity contribution in [3.8, 4) is 5.75 Å². The third-order valence-corrected chi connectivity index (χ3v) is 4.84. The standard InChI is InChI=1S/C21H27N3O2/c1-17(18-8-6-11-20(16-18)26-2)22-21(25)24-13-7-12-23(14-15-24)19-9-4-3-5-10-19/h3-6,8-11,16-17H,7,12-15H2,1-2H3,(H,22,25)/t17-/m0/s1. The third kappa shape index (κ3) is 4.48. The number of carbonyl (C=O) groups is 1. The molecule has 0 saturated carbocycles. The van der Waals surface area contributed by atoms with Crippen LogP contribution in [0.15, 0.2) is 54.6 Å². The van der Waals surface area contributed by atoms with Crippen LogP contribution in [0, 0.1) is 0 Å². The lowest BCUT2D eigenvalue weighted by atomic mass is 10.1. The van der Waals surface area contributed by atoms with Gasteiger partial charge < -0.3 is 19.9 Å². The number of nitrogens with zero attached hydrogens (tertiary/aromatic N) is 2.